The average molecular weight is 481 g/mol. The molecule has 2 heterocycles. The van der Waals surface area contributed by atoms with Gasteiger partial charge in [-0.2, -0.15) is 0 Å². The first kappa shape index (κ1) is 22.3. The summed E-state index contributed by atoms with van der Waals surface area (Å²) in [4.78, 5) is 18.1. The second-order valence-corrected chi connectivity index (χ2v) is 10.6. The summed E-state index contributed by atoms with van der Waals surface area (Å²) < 4.78 is 0. The van der Waals surface area contributed by atoms with Gasteiger partial charge < -0.3 is 4.90 Å². The first-order valence-electron chi connectivity index (χ1n) is 12.4. The van der Waals surface area contributed by atoms with Crippen molar-refractivity contribution in [1.82, 2.24) is 4.90 Å². The molecule has 4 heteroatoms. The maximum atomic E-state index is 13.5. The van der Waals surface area contributed by atoms with Gasteiger partial charge in [-0.1, -0.05) is 71.8 Å². The summed E-state index contributed by atoms with van der Waals surface area (Å²) in [6, 6.07) is 29.2. The van der Waals surface area contributed by atoms with Crippen molar-refractivity contribution in [3.8, 4) is 0 Å². The Labute approximate surface area is 211 Å². The summed E-state index contributed by atoms with van der Waals surface area (Å²) in [6.45, 7) is 5.90. The topological polar surface area (TPSA) is 23.6 Å². The van der Waals surface area contributed by atoms with Crippen molar-refractivity contribution in [3.05, 3.63) is 112 Å². The number of amides is 1. The zero-order chi connectivity index (χ0) is 24.0. The number of halogens is 1. The fourth-order valence-corrected chi connectivity index (χ4v) is 6.09. The third-order valence-electron chi connectivity index (χ3n) is 7.82. The Morgan fingerprint density at radius 2 is 1.69 bits per heavy atom. The molecule has 1 amide bonds. The third kappa shape index (κ3) is 4.13. The maximum absolute atomic E-state index is 13.5. The van der Waals surface area contributed by atoms with E-state index in [9.17, 15) is 4.79 Å². The number of rotatable bonds is 3. The summed E-state index contributed by atoms with van der Waals surface area (Å²) in [5, 5.41) is 3.18. The van der Waals surface area contributed by atoms with Crippen LogP contribution >= 0.6 is 11.6 Å². The van der Waals surface area contributed by atoms with Crippen molar-refractivity contribution in [1.29, 1.82) is 0 Å². The van der Waals surface area contributed by atoms with E-state index in [0.717, 1.165) is 44.7 Å². The lowest BCUT2D eigenvalue weighted by atomic mass is 9.74. The van der Waals surface area contributed by atoms with Gasteiger partial charge in [0, 0.05) is 34.8 Å². The number of benzene rings is 4. The Morgan fingerprint density at radius 3 is 2.49 bits per heavy atom. The second-order valence-electron chi connectivity index (χ2n) is 10.2. The molecule has 0 aromatic heterocycles. The zero-order valence-corrected chi connectivity index (χ0v) is 20.8. The molecule has 0 unspecified atom stereocenters. The van der Waals surface area contributed by atoms with E-state index >= 15 is 0 Å². The molecule has 0 radical (unpaired) electrons. The summed E-state index contributed by atoms with van der Waals surface area (Å²) in [5.41, 5.74) is 5.66. The lowest BCUT2D eigenvalue weighted by Crippen LogP contribution is -2.45. The van der Waals surface area contributed by atoms with E-state index in [-0.39, 0.29) is 11.3 Å². The van der Waals surface area contributed by atoms with Gasteiger partial charge in [0.25, 0.3) is 5.91 Å². The quantitative estimate of drug-likeness (QED) is 0.315. The molecule has 176 valence electrons. The Hall–Kier alpha value is -3.14. The van der Waals surface area contributed by atoms with Crippen LogP contribution < -0.4 is 4.90 Å². The van der Waals surface area contributed by atoms with Crippen LogP contribution in [0.1, 0.15) is 39.9 Å². The highest BCUT2D eigenvalue weighted by molar-refractivity contribution is 6.31. The molecule has 0 atom stereocenters. The van der Waals surface area contributed by atoms with Crippen LogP contribution in [0.4, 0.5) is 5.69 Å². The van der Waals surface area contributed by atoms with Gasteiger partial charge in [0.05, 0.1) is 0 Å². The van der Waals surface area contributed by atoms with Crippen LogP contribution in [0.15, 0.2) is 84.9 Å². The molecule has 1 fully saturated rings. The van der Waals surface area contributed by atoms with Crippen molar-refractivity contribution in [3.63, 3.8) is 0 Å². The number of hydrogen-bond donors (Lipinski definition) is 0. The number of piperidine rings is 1. The van der Waals surface area contributed by atoms with Gasteiger partial charge in [-0.15, -0.1) is 0 Å². The normalized spacial score (nSPS) is 17.1. The van der Waals surface area contributed by atoms with Gasteiger partial charge in [0.15, 0.2) is 0 Å². The average Bonchev–Trinajstić information content (AvgIpc) is 3.18. The highest BCUT2D eigenvalue weighted by Crippen LogP contribution is 2.48. The van der Waals surface area contributed by atoms with Gasteiger partial charge in [0.2, 0.25) is 0 Å². The number of hydrogen-bond acceptors (Lipinski definition) is 2. The molecule has 0 N–H and O–H groups in total. The van der Waals surface area contributed by atoms with E-state index < -0.39 is 0 Å². The Morgan fingerprint density at radius 1 is 0.886 bits per heavy atom. The number of anilines is 1. The number of likely N-dealkylation sites (tertiary alicyclic amines) is 1. The van der Waals surface area contributed by atoms with Crippen LogP contribution in [0.5, 0.6) is 0 Å². The minimum atomic E-state index is 0.00940. The van der Waals surface area contributed by atoms with Gasteiger partial charge >= 0.3 is 0 Å². The predicted octanol–water partition coefficient (Wildman–Crippen LogP) is 7.00. The van der Waals surface area contributed by atoms with Crippen molar-refractivity contribution in [2.24, 2.45) is 0 Å². The molecular weight excluding hydrogens is 452 g/mol. The molecule has 4 aromatic carbocycles. The van der Waals surface area contributed by atoms with Gasteiger partial charge in [0.1, 0.15) is 0 Å². The summed E-state index contributed by atoms with van der Waals surface area (Å²) in [5.74, 6) is 0.0353. The Bertz CT molecular complexity index is 1420. The molecule has 2 aliphatic rings. The van der Waals surface area contributed by atoms with Gasteiger partial charge in [-0.25, -0.2) is 0 Å². The van der Waals surface area contributed by atoms with Crippen molar-refractivity contribution in [2.45, 2.75) is 31.7 Å². The van der Waals surface area contributed by atoms with Crippen molar-refractivity contribution < 1.29 is 4.79 Å². The number of aryl methyl sites for hydroxylation is 1. The van der Waals surface area contributed by atoms with Crippen LogP contribution in [0.25, 0.3) is 10.8 Å². The SMILES string of the molecule is Cc1ccc2c(c1)C1(CCN(Cc3ccc4ccccc4c3)CC1)CN2C(=O)c1cccc(Cl)c1. The molecule has 1 spiro atoms. The highest BCUT2D eigenvalue weighted by Gasteiger charge is 2.46. The standard InChI is InChI=1S/C31H29ClN2O/c1-22-9-12-29-28(17-22)31(21-34(29)30(35)26-7-4-8-27(32)19-26)13-15-33(16-14-31)20-23-10-11-24-5-2-3-6-25(24)18-23/h2-12,17-19H,13-16,20-21H2,1H3. The Balaban J connectivity index is 1.23. The van der Waals surface area contributed by atoms with Crippen LogP contribution in [-0.2, 0) is 12.0 Å². The van der Waals surface area contributed by atoms with E-state index in [2.05, 4.69) is 72.5 Å². The highest BCUT2D eigenvalue weighted by atomic mass is 35.5. The summed E-state index contributed by atoms with van der Waals surface area (Å²) in [7, 11) is 0. The van der Waals surface area contributed by atoms with Crippen LogP contribution in [0.3, 0.4) is 0 Å². The lowest BCUT2D eigenvalue weighted by molar-refractivity contribution is 0.0975. The molecule has 35 heavy (non-hydrogen) atoms. The molecule has 0 saturated carbocycles. The fourth-order valence-electron chi connectivity index (χ4n) is 5.90. The third-order valence-corrected chi connectivity index (χ3v) is 8.06. The first-order chi connectivity index (χ1) is 17.0. The predicted molar refractivity (Wildman–Crippen MR) is 144 cm³/mol. The maximum Gasteiger partial charge on any atom is 0.258 e. The molecule has 0 bridgehead atoms. The van der Waals surface area contributed by atoms with Crippen molar-refractivity contribution >= 4 is 34.0 Å². The summed E-state index contributed by atoms with van der Waals surface area (Å²) in [6.07, 6.45) is 2.10. The molecule has 2 aliphatic heterocycles. The summed E-state index contributed by atoms with van der Waals surface area (Å²) >= 11 is 6.20. The second kappa shape index (κ2) is 8.82. The Kier molecular flexibility index (Phi) is 5.63. The number of fused-ring (bicyclic) bond motifs is 3. The molecule has 0 aliphatic carbocycles. The van der Waals surface area contributed by atoms with E-state index in [1.165, 1.54) is 27.5 Å². The first-order valence-corrected chi connectivity index (χ1v) is 12.8. The van der Waals surface area contributed by atoms with Crippen molar-refractivity contribution in [2.75, 3.05) is 24.5 Å². The van der Waals surface area contributed by atoms with E-state index in [0.29, 0.717) is 10.6 Å². The zero-order valence-electron chi connectivity index (χ0n) is 20.0. The lowest BCUT2D eigenvalue weighted by Gasteiger charge is -2.40. The minimum Gasteiger partial charge on any atom is -0.307 e. The van der Waals surface area contributed by atoms with Crippen LogP contribution in [-0.4, -0.2) is 30.4 Å². The largest absolute Gasteiger partial charge is 0.307 e. The van der Waals surface area contributed by atoms with E-state index in [1.807, 2.05) is 23.1 Å². The van der Waals surface area contributed by atoms with Gasteiger partial charge in [-0.05, 0) is 85.1 Å². The van der Waals surface area contributed by atoms with Gasteiger partial charge in [-0.3, -0.25) is 9.69 Å². The number of carbonyl (C=O) groups excluding carboxylic acids is 1. The fraction of sp³-hybridized carbons (Fsp3) is 0.258. The monoisotopic (exact) mass is 480 g/mol. The minimum absolute atomic E-state index is 0.00940. The van der Waals surface area contributed by atoms with E-state index in [1.54, 1.807) is 6.07 Å². The number of carbonyl (C=O) groups is 1. The molecule has 4 aromatic rings. The molecule has 3 nitrogen and oxygen atoms in total. The smallest absolute Gasteiger partial charge is 0.258 e. The van der Waals surface area contributed by atoms with E-state index in [4.69, 9.17) is 11.6 Å². The molecule has 6 rings (SSSR count). The molecular formula is C31H29ClN2O. The van der Waals surface area contributed by atoms with Crippen LogP contribution in [0.2, 0.25) is 5.02 Å². The van der Waals surface area contributed by atoms with Crippen LogP contribution in [0, 0.1) is 6.92 Å². The number of nitrogens with zero attached hydrogens (tertiary/aromatic N) is 2. The molecule has 1 saturated heterocycles.